The average Bonchev–Trinajstić information content (AvgIpc) is 3.12. The van der Waals surface area contributed by atoms with Crippen LogP contribution in [0.3, 0.4) is 0 Å². The van der Waals surface area contributed by atoms with Crippen molar-refractivity contribution in [3.05, 3.63) is 59.7 Å². The number of ether oxygens (including phenoxy) is 1. The molecule has 1 saturated carbocycles. The van der Waals surface area contributed by atoms with E-state index in [2.05, 4.69) is 22.1 Å². The van der Waals surface area contributed by atoms with E-state index >= 15 is 0 Å². The van der Waals surface area contributed by atoms with Crippen LogP contribution in [0.1, 0.15) is 68.3 Å². The van der Waals surface area contributed by atoms with Gasteiger partial charge in [0.15, 0.2) is 11.9 Å². The standard InChI is InChI=1S/C29H38N3O3/c1-22-18-30-19-25(31-22)17-26(33)20-32-15-11-23(12-16-32)27(21-32)35-28(34)29(13-7-2-3-8-14-29)24-9-5-4-6-10-24/h4-6,9-10,18-19,23,27H,2-3,7-8,11-17,20-21H2,1H3/q+1/t23?,27-,32?/m0/s1. The Hall–Kier alpha value is -2.60. The molecule has 0 amide bonds. The number of ketones is 1. The van der Waals surface area contributed by atoms with E-state index in [4.69, 9.17) is 4.74 Å². The summed E-state index contributed by atoms with van der Waals surface area (Å²) < 4.78 is 7.17. The van der Waals surface area contributed by atoms with Crippen LogP contribution in [-0.2, 0) is 26.2 Å². The molecule has 4 aliphatic rings. The molecule has 6 rings (SSSR count). The minimum absolute atomic E-state index is 0.0381. The Kier molecular flexibility index (Phi) is 7.01. The first kappa shape index (κ1) is 24.1. The number of quaternary nitrogens is 1. The van der Waals surface area contributed by atoms with Crippen molar-refractivity contribution in [3.8, 4) is 0 Å². The number of benzene rings is 1. The van der Waals surface area contributed by atoms with Crippen LogP contribution >= 0.6 is 0 Å². The number of carbonyl (C=O) groups is 2. The summed E-state index contributed by atoms with van der Waals surface area (Å²) in [6.07, 6.45) is 11.9. The van der Waals surface area contributed by atoms with Gasteiger partial charge in [0.05, 0.1) is 36.3 Å². The Morgan fingerprint density at radius 2 is 1.74 bits per heavy atom. The first-order valence-electron chi connectivity index (χ1n) is 13.4. The third kappa shape index (κ3) is 5.18. The van der Waals surface area contributed by atoms with E-state index in [0.717, 1.165) is 79.6 Å². The zero-order chi connectivity index (χ0) is 24.3. The summed E-state index contributed by atoms with van der Waals surface area (Å²) in [7, 11) is 0. The zero-order valence-corrected chi connectivity index (χ0v) is 21.0. The number of hydrogen-bond donors (Lipinski definition) is 0. The number of carbonyl (C=O) groups excluding carboxylic acids is 2. The zero-order valence-electron chi connectivity index (χ0n) is 21.0. The molecular weight excluding hydrogens is 438 g/mol. The molecule has 3 aliphatic heterocycles. The summed E-state index contributed by atoms with van der Waals surface area (Å²) in [4.78, 5) is 35.6. The maximum absolute atomic E-state index is 13.9. The molecule has 6 nitrogen and oxygen atoms in total. The van der Waals surface area contributed by atoms with Gasteiger partial charge in [-0.25, -0.2) is 0 Å². The molecule has 1 aromatic heterocycles. The van der Waals surface area contributed by atoms with Gasteiger partial charge in [0, 0.05) is 31.2 Å². The Bertz CT molecular complexity index is 1040. The fraction of sp³-hybridized carbons (Fsp3) is 0.586. The van der Waals surface area contributed by atoms with Crippen LogP contribution in [0.25, 0.3) is 0 Å². The Balaban J connectivity index is 1.29. The number of piperidine rings is 3. The summed E-state index contributed by atoms with van der Waals surface area (Å²) in [6.45, 7) is 5.13. The number of hydrogen-bond acceptors (Lipinski definition) is 5. The second-order valence-electron chi connectivity index (χ2n) is 11.1. The van der Waals surface area contributed by atoms with Crippen LogP contribution < -0.4 is 0 Å². The van der Waals surface area contributed by atoms with Gasteiger partial charge < -0.3 is 9.22 Å². The first-order valence-corrected chi connectivity index (χ1v) is 13.4. The highest BCUT2D eigenvalue weighted by atomic mass is 16.5. The molecule has 0 unspecified atom stereocenters. The number of aromatic nitrogens is 2. The van der Waals surface area contributed by atoms with Crippen molar-refractivity contribution in [2.75, 3.05) is 26.2 Å². The molecule has 0 radical (unpaired) electrons. The number of nitrogens with zero attached hydrogens (tertiary/aromatic N) is 3. The largest absolute Gasteiger partial charge is 0.455 e. The van der Waals surface area contributed by atoms with Crippen molar-refractivity contribution >= 4 is 11.8 Å². The second kappa shape index (κ2) is 10.2. The van der Waals surface area contributed by atoms with E-state index in [1.807, 2.05) is 25.1 Å². The van der Waals surface area contributed by atoms with Gasteiger partial charge in [-0.05, 0) is 25.3 Å². The highest BCUT2D eigenvalue weighted by Gasteiger charge is 2.50. The van der Waals surface area contributed by atoms with Crippen molar-refractivity contribution in [3.63, 3.8) is 0 Å². The average molecular weight is 477 g/mol. The van der Waals surface area contributed by atoms with Crippen LogP contribution in [0.4, 0.5) is 0 Å². The molecule has 0 N–H and O–H groups in total. The summed E-state index contributed by atoms with van der Waals surface area (Å²) in [5, 5.41) is 0. The van der Waals surface area contributed by atoms with E-state index in [0.29, 0.717) is 18.9 Å². The van der Waals surface area contributed by atoms with Crippen molar-refractivity contribution in [2.24, 2.45) is 5.92 Å². The van der Waals surface area contributed by atoms with Gasteiger partial charge in [0.25, 0.3) is 0 Å². The predicted octanol–water partition coefficient (Wildman–Crippen LogP) is 4.34. The van der Waals surface area contributed by atoms with Crippen LogP contribution in [0, 0.1) is 12.8 Å². The summed E-state index contributed by atoms with van der Waals surface area (Å²) in [5.74, 6) is 0.569. The molecule has 2 aromatic rings. The van der Waals surface area contributed by atoms with Gasteiger partial charge in [0.2, 0.25) is 0 Å². The predicted molar refractivity (Wildman–Crippen MR) is 134 cm³/mol. The van der Waals surface area contributed by atoms with E-state index in [1.54, 1.807) is 12.4 Å². The normalized spacial score (nSPS) is 27.7. The fourth-order valence-corrected chi connectivity index (χ4v) is 6.76. The lowest BCUT2D eigenvalue weighted by Gasteiger charge is -2.52. The quantitative estimate of drug-likeness (QED) is 0.338. The molecule has 3 saturated heterocycles. The summed E-state index contributed by atoms with van der Waals surface area (Å²) in [5.41, 5.74) is 2.14. The topological polar surface area (TPSA) is 69.2 Å². The SMILES string of the molecule is Cc1cncc(CC(=O)C[N+]23CCC(CC2)[C@@H](OC(=O)C2(c4ccccc4)CCCCCC2)C3)n1. The molecule has 2 bridgehead atoms. The summed E-state index contributed by atoms with van der Waals surface area (Å²) in [6, 6.07) is 10.3. The maximum atomic E-state index is 13.9. The summed E-state index contributed by atoms with van der Waals surface area (Å²) >= 11 is 0. The number of fused-ring (bicyclic) bond motifs is 3. The molecule has 4 fully saturated rings. The van der Waals surface area contributed by atoms with Gasteiger partial charge >= 0.3 is 5.97 Å². The Morgan fingerprint density at radius 1 is 1.03 bits per heavy atom. The lowest BCUT2D eigenvalue weighted by atomic mass is 9.74. The van der Waals surface area contributed by atoms with Crippen LogP contribution in [-0.4, -0.2) is 58.5 Å². The van der Waals surface area contributed by atoms with Gasteiger partial charge in [0.1, 0.15) is 13.1 Å². The number of Topliss-reactive ketones (excluding diaryl/α,β-unsaturated/α-hetero) is 1. The molecule has 1 aliphatic carbocycles. The first-order chi connectivity index (χ1) is 17.0. The number of rotatable bonds is 7. The van der Waals surface area contributed by atoms with Gasteiger partial charge in [-0.15, -0.1) is 0 Å². The van der Waals surface area contributed by atoms with Crippen molar-refractivity contribution in [1.82, 2.24) is 9.97 Å². The number of esters is 1. The van der Waals surface area contributed by atoms with Gasteiger partial charge in [-0.2, -0.15) is 0 Å². The molecule has 186 valence electrons. The molecule has 6 heteroatoms. The van der Waals surface area contributed by atoms with Gasteiger partial charge in [-0.3, -0.25) is 19.6 Å². The lowest BCUT2D eigenvalue weighted by Crippen LogP contribution is -2.66. The maximum Gasteiger partial charge on any atom is 0.317 e. The van der Waals surface area contributed by atoms with Gasteiger partial charge in [-0.1, -0.05) is 56.0 Å². The molecule has 1 aromatic carbocycles. The van der Waals surface area contributed by atoms with E-state index in [9.17, 15) is 9.59 Å². The van der Waals surface area contributed by atoms with Crippen LogP contribution in [0.15, 0.2) is 42.7 Å². The smallest absolute Gasteiger partial charge is 0.317 e. The van der Waals surface area contributed by atoms with Crippen LogP contribution in [0.5, 0.6) is 0 Å². The highest BCUT2D eigenvalue weighted by Crippen LogP contribution is 2.42. The Labute approximate surface area is 208 Å². The molecule has 0 spiro atoms. The number of aryl methyl sites for hydroxylation is 1. The third-order valence-corrected chi connectivity index (χ3v) is 8.67. The van der Waals surface area contributed by atoms with Crippen molar-refractivity contribution in [1.29, 1.82) is 0 Å². The molecule has 4 heterocycles. The highest BCUT2D eigenvalue weighted by molar-refractivity contribution is 5.83. The molecule has 1 atom stereocenters. The second-order valence-corrected chi connectivity index (χ2v) is 11.1. The van der Waals surface area contributed by atoms with Crippen LogP contribution in [0.2, 0.25) is 0 Å². The van der Waals surface area contributed by atoms with E-state index < -0.39 is 5.41 Å². The molecular formula is C29H38N3O3+. The third-order valence-electron chi connectivity index (χ3n) is 8.67. The van der Waals surface area contributed by atoms with E-state index in [1.165, 1.54) is 12.8 Å². The minimum atomic E-state index is -0.533. The monoisotopic (exact) mass is 476 g/mol. The Morgan fingerprint density at radius 3 is 2.43 bits per heavy atom. The van der Waals surface area contributed by atoms with Crippen molar-refractivity contribution < 1.29 is 18.8 Å². The molecule has 35 heavy (non-hydrogen) atoms. The minimum Gasteiger partial charge on any atom is -0.455 e. The lowest BCUT2D eigenvalue weighted by molar-refractivity contribution is -0.939. The van der Waals surface area contributed by atoms with E-state index in [-0.39, 0.29) is 17.9 Å². The fourth-order valence-electron chi connectivity index (χ4n) is 6.76. The van der Waals surface area contributed by atoms with Crippen molar-refractivity contribution in [2.45, 2.75) is 76.2 Å².